The van der Waals surface area contributed by atoms with Crippen LogP contribution in [0.5, 0.6) is 5.75 Å². The second-order valence-corrected chi connectivity index (χ2v) is 7.33. The molecule has 6 nitrogen and oxygen atoms in total. The Morgan fingerprint density at radius 3 is 2.03 bits per heavy atom. The maximum Gasteiger partial charge on any atom is 0.282 e. The molecule has 3 aromatic carbocycles. The Morgan fingerprint density at radius 1 is 0.806 bits per heavy atom. The SMILES string of the molecule is COc1ccc(C2=C(Nc3ccccc3)C(=O)N(c3ccc(N(C)C)cc3)C2=O)cc1. The number of carbonyl (C=O) groups is 2. The molecule has 156 valence electrons. The minimum absolute atomic E-state index is 0.248. The van der Waals surface area contributed by atoms with Gasteiger partial charge in [-0.15, -0.1) is 0 Å². The topological polar surface area (TPSA) is 61.9 Å². The molecule has 0 saturated carbocycles. The Bertz CT molecular complexity index is 1130. The maximum absolute atomic E-state index is 13.5. The first-order valence-electron chi connectivity index (χ1n) is 9.86. The number of amides is 2. The molecule has 0 saturated heterocycles. The summed E-state index contributed by atoms with van der Waals surface area (Å²) in [5.74, 6) is -0.0849. The lowest BCUT2D eigenvalue weighted by Crippen LogP contribution is -2.32. The molecule has 0 radical (unpaired) electrons. The Hall–Kier alpha value is -4.06. The lowest BCUT2D eigenvalue weighted by atomic mass is 10.0. The zero-order chi connectivity index (χ0) is 22.0. The van der Waals surface area contributed by atoms with E-state index in [0.717, 1.165) is 11.4 Å². The number of imide groups is 1. The highest BCUT2D eigenvalue weighted by molar-refractivity contribution is 6.46. The molecule has 1 N–H and O–H groups in total. The summed E-state index contributed by atoms with van der Waals surface area (Å²) in [6.07, 6.45) is 0. The summed E-state index contributed by atoms with van der Waals surface area (Å²) < 4.78 is 5.23. The van der Waals surface area contributed by atoms with Gasteiger partial charge in [-0.2, -0.15) is 0 Å². The minimum atomic E-state index is -0.391. The molecule has 4 rings (SSSR count). The van der Waals surface area contributed by atoms with Gasteiger partial charge in [0.2, 0.25) is 0 Å². The third kappa shape index (κ3) is 3.88. The number of anilines is 3. The number of nitrogens with one attached hydrogen (secondary N) is 1. The first kappa shape index (κ1) is 20.2. The molecular formula is C25H23N3O3. The van der Waals surface area contributed by atoms with Crippen LogP contribution in [0.15, 0.2) is 84.6 Å². The van der Waals surface area contributed by atoms with Crippen molar-refractivity contribution in [2.45, 2.75) is 0 Å². The van der Waals surface area contributed by atoms with E-state index in [1.165, 1.54) is 4.90 Å². The fourth-order valence-electron chi connectivity index (χ4n) is 3.47. The van der Waals surface area contributed by atoms with E-state index in [1.807, 2.05) is 61.5 Å². The second-order valence-electron chi connectivity index (χ2n) is 7.33. The predicted octanol–water partition coefficient (Wildman–Crippen LogP) is 4.16. The van der Waals surface area contributed by atoms with E-state index in [4.69, 9.17) is 4.74 Å². The average molecular weight is 413 g/mol. The van der Waals surface area contributed by atoms with Crippen LogP contribution in [0.4, 0.5) is 17.1 Å². The van der Waals surface area contributed by atoms with Crippen molar-refractivity contribution in [3.63, 3.8) is 0 Å². The van der Waals surface area contributed by atoms with Crippen LogP contribution < -0.4 is 19.9 Å². The lowest BCUT2D eigenvalue weighted by Gasteiger charge is -2.18. The predicted molar refractivity (Wildman–Crippen MR) is 123 cm³/mol. The molecule has 1 aliphatic rings. The summed E-state index contributed by atoms with van der Waals surface area (Å²) in [6, 6.07) is 23.8. The summed E-state index contributed by atoms with van der Waals surface area (Å²) in [4.78, 5) is 30.0. The highest BCUT2D eigenvalue weighted by Gasteiger charge is 2.40. The van der Waals surface area contributed by atoms with Gasteiger partial charge in [0.1, 0.15) is 11.4 Å². The molecule has 31 heavy (non-hydrogen) atoms. The Kier molecular flexibility index (Phi) is 5.45. The van der Waals surface area contributed by atoms with Gasteiger partial charge in [-0.05, 0) is 54.1 Å². The van der Waals surface area contributed by atoms with Crippen LogP contribution in [0.25, 0.3) is 5.57 Å². The van der Waals surface area contributed by atoms with E-state index >= 15 is 0 Å². The first-order chi connectivity index (χ1) is 15.0. The van der Waals surface area contributed by atoms with E-state index in [-0.39, 0.29) is 11.6 Å². The summed E-state index contributed by atoms with van der Waals surface area (Å²) in [7, 11) is 5.46. The Balaban J connectivity index is 1.77. The number of methoxy groups -OCH3 is 1. The highest BCUT2D eigenvalue weighted by Crippen LogP contribution is 2.34. The van der Waals surface area contributed by atoms with Gasteiger partial charge in [0.15, 0.2) is 0 Å². The smallest absolute Gasteiger partial charge is 0.282 e. The van der Waals surface area contributed by atoms with Crippen LogP contribution >= 0.6 is 0 Å². The van der Waals surface area contributed by atoms with Crippen LogP contribution in [0.3, 0.4) is 0 Å². The number of ether oxygens (including phenoxy) is 1. The van der Waals surface area contributed by atoms with Crippen molar-refractivity contribution in [1.82, 2.24) is 0 Å². The molecule has 0 aromatic heterocycles. The van der Waals surface area contributed by atoms with E-state index in [9.17, 15) is 9.59 Å². The number of para-hydroxylation sites is 1. The number of benzene rings is 3. The molecule has 3 aromatic rings. The fourth-order valence-corrected chi connectivity index (χ4v) is 3.47. The highest BCUT2D eigenvalue weighted by atomic mass is 16.5. The first-order valence-corrected chi connectivity index (χ1v) is 9.86. The Morgan fingerprint density at radius 2 is 1.45 bits per heavy atom. The standard InChI is InChI=1S/C25H23N3O3/c1-27(2)19-11-13-20(14-12-19)28-24(29)22(17-9-15-21(31-3)16-10-17)23(25(28)30)26-18-7-5-4-6-8-18/h4-16,26H,1-3H3. The minimum Gasteiger partial charge on any atom is -0.497 e. The molecular weight excluding hydrogens is 390 g/mol. The van der Waals surface area contributed by atoms with Gasteiger partial charge in [-0.3, -0.25) is 9.59 Å². The van der Waals surface area contributed by atoms with Crippen molar-refractivity contribution in [2.24, 2.45) is 0 Å². The van der Waals surface area contributed by atoms with Crippen LogP contribution in [0, 0.1) is 0 Å². The maximum atomic E-state index is 13.5. The lowest BCUT2D eigenvalue weighted by molar-refractivity contribution is -0.120. The normalized spacial score (nSPS) is 13.6. The van der Waals surface area contributed by atoms with Crippen molar-refractivity contribution in [1.29, 1.82) is 0 Å². The van der Waals surface area contributed by atoms with Gasteiger partial charge in [0.25, 0.3) is 11.8 Å². The molecule has 0 aliphatic carbocycles. The van der Waals surface area contributed by atoms with Gasteiger partial charge in [-0.25, -0.2) is 4.90 Å². The zero-order valence-corrected chi connectivity index (χ0v) is 17.6. The average Bonchev–Trinajstić information content (AvgIpc) is 3.04. The number of hydrogen-bond acceptors (Lipinski definition) is 5. The van der Waals surface area contributed by atoms with Crippen LogP contribution in [-0.4, -0.2) is 33.0 Å². The molecule has 0 unspecified atom stereocenters. The third-order valence-corrected chi connectivity index (χ3v) is 5.13. The van der Waals surface area contributed by atoms with Crippen molar-refractivity contribution < 1.29 is 14.3 Å². The van der Waals surface area contributed by atoms with Crippen molar-refractivity contribution >= 4 is 34.4 Å². The summed E-state index contributed by atoms with van der Waals surface area (Å²) >= 11 is 0. The number of carbonyl (C=O) groups excluding carboxylic acids is 2. The van der Waals surface area contributed by atoms with Crippen molar-refractivity contribution in [2.75, 3.05) is 36.3 Å². The summed E-state index contributed by atoms with van der Waals surface area (Å²) in [5.41, 5.74) is 3.45. The van der Waals surface area contributed by atoms with Gasteiger partial charge in [0, 0.05) is 25.5 Å². The number of rotatable bonds is 6. The molecule has 6 heteroatoms. The molecule has 0 atom stereocenters. The van der Waals surface area contributed by atoms with E-state index in [0.29, 0.717) is 22.6 Å². The van der Waals surface area contributed by atoms with Crippen LogP contribution in [-0.2, 0) is 9.59 Å². The van der Waals surface area contributed by atoms with E-state index in [2.05, 4.69) is 5.32 Å². The van der Waals surface area contributed by atoms with Crippen molar-refractivity contribution in [3.8, 4) is 5.75 Å². The number of hydrogen-bond donors (Lipinski definition) is 1. The quantitative estimate of drug-likeness (QED) is 0.615. The molecule has 0 fully saturated rings. The molecule has 2 amide bonds. The fraction of sp³-hybridized carbons (Fsp3) is 0.120. The van der Waals surface area contributed by atoms with Crippen LogP contribution in [0.2, 0.25) is 0 Å². The molecule has 1 heterocycles. The molecule has 0 spiro atoms. The van der Waals surface area contributed by atoms with E-state index < -0.39 is 5.91 Å². The van der Waals surface area contributed by atoms with Crippen LogP contribution in [0.1, 0.15) is 5.56 Å². The number of nitrogens with zero attached hydrogens (tertiary/aromatic N) is 2. The molecule has 1 aliphatic heterocycles. The second kappa shape index (κ2) is 8.36. The third-order valence-electron chi connectivity index (χ3n) is 5.13. The summed E-state index contributed by atoms with van der Waals surface area (Å²) in [5, 5.41) is 3.16. The monoisotopic (exact) mass is 413 g/mol. The van der Waals surface area contributed by atoms with Gasteiger partial charge in [0.05, 0.1) is 18.4 Å². The molecule has 0 bridgehead atoms. The van der Waals surface area contributed by atoms with Gasteiger partial charge < -0.3 is 15.0 Å². The Labute approximate surface area is 181 Å². The largest absolute Gasteiger partial charge is 0.497 e. The summed E-state index contributed by atoms with van der Waals surface area (Å²) in [6.45, 7) is 0. The van der Waals surface area contributed by atoms with E-state index in [1.54, 1.807) is 43.5 Å². The van der Waals surface area contributed by atoms with Gasteiger partial charge >= 0.3 is 0 Å². The van der Waals surface area contributed by atoms with Crippen molar-refractivity contribution in [3.05, 3.63) is 90.1 Å². The van der Waals surface area contributed by atoms with Gasteiger partial charge in [-0.1, -0.05) is 30.3 Å². The zero-order valence-electron chi connectivity index (χ0n) is 17.6.